The lowest BCUT2D eigenvalue weighted by Gasteiger charge is -2.06. The molecule has 9 heteroatoms. The van der Waals surface area contributed by atoms with Gasteiger partial charge in [0.2, 0.25) is 0 Å². The van der Waals surface area contributed by atoms with Crippen molar-refractivity contribution < 1.29 is 22.7 Å². The highest BCUT2D eigenvalue weighted by molar-refractivity contribution is 7.91. The van der Waals surface area contributed by atoms with Crippen LogP contribution in [0.5, 0.6) is 0 Å². The molecule has 114 valence electrons. The van der Waals surface area contributed by atoms with Crippen LogP contribution in [0, 0.1) is 0 Å². The van der Waals surface area contributed by atoms with Gasteiger partial charge in [0.05, 0.1) is 12.6 Å². The smallest absolute Gasteiger partial charge is 0.358 e. The first-order chi connectivity index (χ1) is 9.53. The topological polar surface area (TPSA) is 94.6 Å². The summed E-state index contributed by atoms with van der Waals surface area (Å²) in [6.45, 7) is 0.971. The fourth-order valence-electron chi connectivity index (χ4n) is 1.48. The molecule has 0 atom stereocenters. The number of esters is 1. The Morgan fingerprint density at radius 3 is 2.75 bits per heavy atom. The molecule has 0 aliphatic carbocycles. The molecule has 0 aliphatic heterocycles. The van der Waals surface area contributed by atoms with Crippen molar-refractivity contribution >= 4 is 27.3 Å². The second-order valence-corrected chi connectivity index (χ2v) is 6.75. The number of rotatable bonds is 9. The fraction of sp³-hybridized carbons (Fsp3) is 0.636. The number of carbonyl (C=O) groups is 1. The van der Waals surface area contributed by atoms with Gasteiger partial charge in [0.1, 0.15) is 0 Å². The molecular weight excluding hydrogens is 304 g/mol. The predicted molar refractivity (Wildman–Crippen MR) is 74.4 cm³/mol. The van der Waals surface area contributed by atoms with E-state index in [9.17, 15) is 13.2 Å². The zero-order valence-corrected chi connectivity index (χ0v) is 13.1. The molecule has 7 nitrogen and oxygen atoms in total. The highest BCUT2D eigenvalue weighted by atomic mass is 32.2. The number of aromatic nitrogens is 1. The number of carbonyl (C=O) groups excluding carboxylic acids is 1. The van der Waals surface area contributed by atoms with Gasteiger partial charge in [0.15, 0.2) is 9.90 Å². The lowest BCUT2D eigenvalue weighted by atomic mass is 10.2. The van der Waals surface area contributed by atoms with Crippen LogP contribution in [0.4, 0.5) is 0 Å². The van der Waals surface area contributed by atoms with E-state index in [4.69, 9.17) is 4.74 Å². The van der Waals surface area contributed by atoms with Gasteiger partial charge in [-0.3, -0.25) is 0 Å². The summed E-state index contributed by atoms with van der Waals surface area (Å²) in [6.07, 6.45) is 2.45. The number of nitrogens with one attached hydrogen (secondary N) is 1. The van der Waals surface area contributed by atoms with Crippen molar-refractivity contribution in [3.8, 4) is 0 Å². The van der Waals surface area contributed by atoms with Crippen LogP contribution in [0.3, 0.4) is 0 Å². The molecule has 0 radical (unpaired) electrons. The summed E-state index contributed by atoms with van der Waals surface area (Å²) in [5, 5.41) is 0. The molecule has 1 aromatic heterocycles. The third-order valence-electron chi connectivity index (χ3n) is 2.48. The molecule has 0 fully saturated rings. The minimum absolute atomic E-state index is 0.110. The van der Waals surface area contributed by atoms with Crippen LogP contribution in [-0.2, 0) is 19.5 Å². The van der Waals surface area contributed by atoms with E-state index >= 15 is 0 Å². The Morgan fingerprint density at radius 2 is 2.10 bits per heavy atom. The van der Waals surface area contributed by atoms with E-state index in [1.165, 1.54) is 12.6 Å². The van der Waals surface area contributed by atoms with Crippen molar-refractivity contribution in [3.05, 3.63) is 11.2 Å². The van der Waals surface area contributed by atoms with E-state index < -0.39 is 16.0 Å². The largest absolute Gasteiger partial charge is 0.464 e. The van der Waals surface area contributed by atoms with Crippen LogP contribution in [0.1, 0.15) is 29.8 Å². The van der Waals surface area contributed by atoms with Gasteiger partial charge < -0.3 is 9.47 Å². The van der Waals surface area contributed by atoms with E-state index in [1.54, 1.807) is 7.11 Å². The molecule has 0 saturated carbocycles. The summed E-state index contributed by atoms with van der Waals surface area (Å²) in [4.78, 5) is 15.1. The predicted octanol–water partition coefficient (Wildman–Crippen LogP) is 1.02. The minimum Gasteiger partial charge on any atom is -0.464 e. The summed E-state index contributed by atoms with van der Waals surface area (Å²) in [6, 6.07) is 0. The average Bonchev–Trinajstić information content (AvgIpc) is 2.92. The number of ether oxygens (including phenoxy) is 2. The van der Waals surface area contributed by atoms with Crippen molar-refractivity contribution in [2.45, 2.75) is 23.5 Å². The molecule has 0 bridgehead atoms. The number of unbranched alkanes of at least 4 members (excludes halogenated alkanes) is 2. The summed E-state index contributed by atoms with van der Waals surface area (Å²) in [5.41, 5.74) is 1.13. The fourth-order valence-corrected chi connectivity index (χ4v) is 3.73. The number of methoxy groups -OCH3 is 2. The van der Waals surface area contributed by atoms with Gasteiger partial charge in [0.25, 0.3) is 10.0 Å². The molecule has 1 aromatic rings. The average molecular weight is 322 g/mol. The SMILES string of the molecule is COCCCCCNS(=O)(=O)c1scnc1C(=O)OC. The van der Waals surface area contributed by atoms with Gasteiger partial charge in [-0.25, -0.2) is 22.9 Å². The Balaban J connectivity index is 2.57. The van der Waals surface area contributed by atoms with Crippen molar-refractivity contribution in [2.75, 3.05) is 27.4 Å². The van der Waals surface area contributed by atoms with Crippen molar-refractivity contribution in [2.24, 2.45) is 0 Å². The van der Waals surface area contributed by atoms with Crippen molar-refractivity contribution in [1.82, 2.24) is 9.71 Å². The van der Waals surface area contributed by atoms with Crippen molar-refractivity contribution in [3.63, 3.8) is 0 Å². The molecule has 0 spiro atoms. The Morgan fingerprint density at radius 1 is 1.35 bits per heavy atom. The molecule has 1 rings (SSSR count). The normalized spacial score (nSPS) is 11.5. The highest BCUT2D eigenvalue weighted by Gasteiger charge is 2.25. The van der Waals surface area contributed by atoms with Crippen LogP contribution in [0.25, 0.3) is 0 Å². The van der Waals surface area contributed by atoms with Gasteiger partial charge in [-0.1, -0.05) is 0 Å². The van der Waals surface area contributed by atoms with Crippen LogP contribution < -0.4 is 4.72 Å². The summed E-state index contributed by atoms with van der Waals surface area (Å²) < 4.78 is 35.8. The van der Waals surface area contributed by atoms with Crippen LogP contribution in [0.2, 0.25) is 0 Å². The Bertz CT molecular complexity index is 527. The van der Waals surface area contributed by atoms with Gasteiger partial charge in [0, 0.05) is 20.3 Å². The molecule has 0 unspecified atom stereocenters. The standard InChI is InChI=1S/C11H18N2O5S2/c1-17-7-5-3-4-6-13-20(15,16)11-9(10(14)18-2)12-8-19-11/h8,13H,3-7H2,1-2H3. The first kappa shape index (κ1) is 17.0. The Labute approximate surface area is 122 Å². The molecule has 0 aliphatic rings. The van der Waals surface area contributed by atoms with E-state index in [-0.39, 0.29) is 9.90 Å². The van der Waals surface area contributed by atoms with E-state index in [0.717, 1.165) is 24.2 Å². The molecule has 0 amide bonds. The number of sulfonamides is 1. The Hall–Kier alpha value is -1.03. The lowest BCUT2D eigenvalue weighted by Crippen LogP contribution is -2.25. The first-order valence-corrected chi connectivity index (χ1v) is 8.39. The van der Waals surface area contributed by atoms with Crippen LogP contribution in [0.15, 0.2) is 9.72 Å². The molecule has 0 saturated heterocycles. The van der Waals surface area contributed by atoms with Gasteiger partial charge in [-0.2, -0.15) is 0 Å². The Kier molecular flexibility index (Phi) is 7.06. The number of hydrogen-bond acceptors (Lipinski definition) is 7. The van der Waals surface area contributed by atoms with Crippen molar-refractivity contribution in [1.29, 1.82) is 0 Å². The van der Waals surface area contributed by atoms with E-state index in [0.29, 0.717) is 19.6 Å². The number of thiazole rings is 1. The molecule has 0 aromatic carbocycles. The van der Waals surface area contributed by atoms with Gasteiger partial charge >= 0.3 is 5.97 Å². The number of nitrogens with zero attached hydrogens (tertiary/aromatic N) is 1. The maximum absolute atomic E-state index is 12.1. The molecule has 1 N–H and O–H groups in total. The third-order valence-corrected chi connectivity index (χ3v) is 5.31. The third kappa shape index (κ3) is 4.82. The van der Waals surface area contributed by atoms with Crippen LogP contribution in [-0.4, -0.2) is 46.7 Å². The number of hydrogen-bond donors (Lipinski definition) is 1. The first-order valence-electron chi connectivity index (χ1n) is 6.03. The monoisotopic (exact) mass is 322 g/mol. The van der Waals surface area contributed by atoms with E-state index in [2.05, 4.69) is 14.4 Å². The van der Waals surface area contributed by atoms with Crippen LogP contribution >= 0.6 is 11.3 Å². The second-order valence-electron chi connectivity index (χ2n) is 3.93. The summed E-state index contributed by atoms with van der Waals surface area (Å²) >= 11 is 0.890. The molecule has 20 heavy (non-hydrogen) atoms. The van der Waals surface area contributed by atoms with Gasteiger partial charge in [-0.05, 0) is 19.3 Å². The molecule has 1 heterocycles. The molecular formula is C11H18N2O5S2. The zero-order chi connectivity index (χ0) is 15.0. The second kappa shape index (κ2) is 8.30. The minimum atomic E-state index is -3.72. The summed E-state index contributed by atoms with van der Waals surface area (Å²) in [7, 11) is -0.914. The summed E-state index contributed by atoms with van der Waals surface area (Å²) in [5.74, 6) is -0.758. The zero-order valence-electron chi connectivity index (χ0n) is 11.4. The van der Waals surface area contributed by atoms with Gasteiger partial charge in [-0.15, -0.1) is 11.3 Å². The maximum atomic E-state index is 12.1. The lowest BCUT2D eigenvalue weighted by molar-refractivity contribution is 0.0590. The van der Waals surface area contributed by atoms with E-state index in [1.807, 2.05) is 0 Å². The maximum Gasteiger partial charge on any atom is 0.358 e. The quantitative estimate of drug-likeness (QED) is 0.539. The highest BCUT2D eigenvalue weighted by Crippen LogP contribution is 2.20.